The zero-order valence-corrected chi connectivity index (χ0v) is 7.24. The van der Waals surface area contributed by atoms with E-state index in [0.29, 0.717) is 0 Å². The molecule has 0 unspecified atom stereocenters. The van der Waals surface area contributed by atoms with E-state index in [1.165, 1.54) is 0 Å². The van der Waals surface area contributed by atoms with Crippen LogP contribution in [0.15, 0.2) is 24.3 Å². The van der Waals surface area contributed by atoms with E-state index in [9.17, 15) is 0 Å². The molecule has 54 valence electrons. The van der Waals surface area contributed by atoms with Crippen molar-refractivity contribution in [1.82, 2.24) is 0 Å². The molecule has 1 rings (SSSR count). The third-order valence-corrected chi connectivity index (χ3v) is 2.37. The largest absolute Gasteiger partial charge is 0.0840 e. The van der Waals surface area contributed by atoms with E-state index < -0.39 is 0 Å². The number of hydrogen-bond donors (Lipinski definition) is 0. The molecule has 0 aromatic rings. The summed E-state index contributed by atoms with van der Waals surface area (Å²) in [5, 5.41) is 0. The maximum Gasteiger partial charge on any atom is 0.0243 e. The summed E-state index contributed by atoms with van der Waals surface area (Å²) >= 11 is 5.19. The van der Waals surface area contributed by atoms with Gasteiger partial charge < -0.3 is 0 Å². The van der Waals surface area contributed by atoms with Gasteiger partial charge in [-0.2, -0.15) is 0 Å². The molecule has 0 saturated heterocycles. The van der Waals surface area contributed by atoms with Crippen molar-refractivity contribution in [3.05, 3.63) is 24.3 Å². The Morgan fingerprint density at radius 1 is 1.40 bits per heavy atom. The van der Waals surface area contributed by atoms with Crippen LogP contribution in [0.25, 0.3) is 0 Å². The minimum atomic E-state index is 0.0856. The lowest BCUT2D eigenvalue weighted by Crippen LogP contribution is -2.16. The molecular formula is C9H12S. The molecule has 0 aromatic carbocycles. The van der Waals surface area contributed by atoms with Crippen LogP contribution in [-0.4, -0.2) is 4.86 Å². The zero-order valence-electron chi connectivity index (χ0n) is 6.42. The van der Waals surface area contributed by atoms with Gasteiger partial charge in [0, 0.05) is 10.3 Å². The van der Waals surface area contributed by atoms with Crippen LogP contribution in [0.4, 0.5) is 0 Å². The Labute approximate surface area is 67.6 Å². The van der Waals surface area contributed by atoms with Gasteiger partial charge in [0.2, 0.25) is 0 Å². The quantitative estimate of drug-likeness (QED) is 0.380. The second kappa shape index (κ2) is 2.67. The molecule has 0 nitrogen and oxygen atoms in total. The Kier molecular flexibility index (Phi) is 2.05. The molecule has 0 radical (unpaired) electrons. The topological polar surface area (TPSA) is 0 Å². The minimum absolute atomic E-state index is 0.0856. The Hall–Kier alpha value is -0.430. The average molecular weight is 152 g/mol. The van der Waals surface area contributed by atoms with Crippen LogP contribution in [0.5, 0.6) is 0 Å². The molecule has 0 amide bonds. The molecule has 1 aliphatic carbocycles. The lowest BCUT2D eigenvalue weighted by Gasteiger charge is -2.17. The predicted octanol–water partition coefficient (Wildman–Crippen LogP) is 2.90. The Morgan fingerprint density at radius 3 is 2.80 bits per heavy atom. The molecular weight excluding hydrogens is 140 g/mol. The van der Waals surface area contributed by atoms with Crippen molar-refractivity contribution in [2.75, 3.05) is 0 Å². The van der Waals surface area contributed by atoms with Crippen molar-refractivity contribution >= 4 is 17.1 Å². The fourth-order valence-electron chi connectivity index (χ4n) is 0.913. The van der Waals surface area contributed by atoms with E-state index >= 15 is 0 Å². The highest BCUT2D eigenvalue weighted by Gasteiger charge is 2.18. The van der Waals surface area contributed by atoms with Crippen molar-refractivity contribution < 1.29 is 0 Å². The third-order valence-electron chi connectivity index (χ3n) is 1.71. The molecule has 0 saturated carbocycles. The van der Waals surface area contributed by atoms with Crippen molar-refractivity contribution in [1.29, 1.82) is 0 Å². The molecule has 0 heterocycles. The van der Waals surface area contributed by atoms with Crippen LogP contribution >= 0.6 is 12.2 Å². The predicted molar refractivity (Wildman–Crippen MR) is 49.3 cm³/mol. The van der Waals surface area contributed by atoms with Gasteiger partial charge in [0.15, 0.2) is 0 Å². The summed E-state index contributed by atoms with van der Waals surface area (Å²) in [4.78, 5) is 1.03. The monoisotopic (exact) mass is 152 g/mol. The highest BCUT2D eigenvalue weighted by molar-refractivity contribution is 7.80. The minimum Gasteiger partial charge on any atom is -0.0840 e. The maximum absolute atomic E-state index is 5.19. The van der Waals surface area contributed by atoms with Gasteiger partial charge in [-0.05, 0) is 6.42 Å². The summed E-state index contributed by atoms with van der Waals surface area (Å²) in [6, 6.07) is 0. The van der Waals surface area contributed by atoms with E-state index in [-0.39, 0.29) is 5.41 Å². The fourth-order valence-corrected chi connectivity index (χ4v) is 1.08. The van der Waals surface area contributed by atoms with Gasteiger partial charge in [0.25, 0.3) is 0 Å². The Bertz CT molecular complexity index is 197. The second-order valence-electron chi connectivity index (χ2n) is 3.13. The molecule has 0 aromatic heterocycles. The lowest BCUT2D eigenvalue weighted by molar-refractivity contribution is 0.690. The maximum atomic E-state index is 5.19. The number of hydrogen-bond acceptors (Lipinski definition) is 1. The van der Waals surface area contributed by atoms with Crippen LogP contribution in [0.2, 0.25) is 0 Å². The molecule has 1 aliphatic rings. The van der Waals surface area contributed by atoms with Crippen LogP contribution in [0.3, 0.4) is 0 Å². The smallest absolute Gasteiger partial charge is 0.0243 e. The number of thiocarbonyl (C=S) groups is 1. The Balaban J connectivity index is 2.92. The normalized spacial score (nSPS) is 22.8. The van der Waals surface area contributed by atoms with Crippen LogP contribution in [0, 0.1) is 5.41 Å². The summed E-state index contributed by atoms with van der Waals surface area (Å²) in [6.45, 7) is 4.28. The molecule has 10 heavy (non-hydrogen) atoms. The van der Waals surface area contributed by atoms with Gasteiger partial charge in [-0.1, -0.05) is 50.4 Å². The highest BCUT2D eigenvalue weighted by atomic mass is 32.1. The van der Waals surface area contributed by atoms with Gasteiger partial charge in [-0.15, -0.1) is 0 Å². The van der Waals surface area contributed by atoms with Gasteiger partial charge in [0.1, 0.15) is 0 Å². The highest BCUT2D eigenvalue weighted by Crippen LogP contribution is 2.23. The summed E-state index contributed by atoms with van der Waals surface area (Å²) in [7, 11) is 0. The zero-order chi connectivity index (χ0) is 7.61. The van der Waals surface area contributed by atoms with E-state index in [1.807, 2.05) is 6.08 Å². The van der Waals surface area contributed by atoms with Crippen molar-refractivity contribution in [3.8, 4) is 0 Å². The first-order valence-electron chi connectivity index (χ1n) is 3.51. The fraction of sp³-hybridized carbons (Fsp3) is 0.444. The van der Waals surface area contributed by atoms with E-state index in [0.717, 1.165) is 11.3 Å². The summed E-state index contributed by atoms with van der Waals surface area (Å²) in [6.07, 6.45) is 9.50. The van der Waals surface area contributed by atoms with Crippen LogP contribution in [-0.2, 0) is 0 Å². The van der Waals surface area contributed by atoms with Crippen molar-refractivity contribution in [2.45, 2.75) is 20.3 Å². The third kappa shape index (κ3) is 1.54. The van der Waals surface area contributed by atoms with Gasteiger partial charge >= 0.3 is 0 Å². The van der Waals surface area contributed by atoms with Crippen molar-refractivity contribution in [3.63, 3.8) is 0 Å². The first-order chi connectivity index (χ1) is 4.63. The van der Waals surface area contributed by atoms with Crippen LogP contribution in [0.1, 0.15) is 20.3 Å². The average Bonchev–Trinajstić information content (AvgIpc) is 1.96. The first kappa shape index (κ1) is 7.67. The molecule has 0 aliphatic heterocycles. The Morgan fingerprint density at radius 2 is 2.10 bits per heavy atom. The molecule has 0 atom stereocenters. The van der Waals surface area contributed by atoms with Gasteiger partial charge in [0.05, 0.1) is 0 Å². The SMILES string of the molecule is CC1(C)C=CCC=CC1=S. The standard InChI is InChI=1S/C9H12S/c1-9(2)7-5-3-4-6-8(9)10/h4-7H,3H2,1-2H3. The van der Waals surface area contributed by atoms with Gasteiger partial charge in [-0.3, -0.25) is 0 Å². The molecule has 0 N–H and O–H groups in total. The van der Waals surface area contributed by atoms with E-state index in [2.05, 4.69) is 32.1 Å². The van der Waals surface area contributed by atoms with Gasteiger partial charge in [-0.25, -0.2) is 0 Å². The number of allylic oxidation sites excluding steroid dienone is 4. The van der Waals surface area contributed by atoms with E-state index in [1.54, 1.807) is 0 Å². The second-order valence-corrected chi connectivity index (χ2v) is 3.57. The number of rotatable bonds is 0. The summed E-state index contributed by atoms with van der Waals surface area (Å²) in [5.41, 5.74) is 0.0856. The lowest BCUT2D eigenvalue weighted by atomic mass is 9.89. The summed E-state index contributed by atoms with van der Waals surface area (Å²) < 4.78 is 0. The van der Waals surface area contributed by atoms with Crippen molar-refractivity contribution in [2.24, 2.45) is 5.41 Å². The molecule has 0 fully saturated rings. The molecule has 0 spiro atoms. The van der Waals surface area contributed by atoms with Crippen LogP contribution < -0.4 is 0 Å². The molecule has 0 bridgehead atoms. The molecule has 1 heteroatoms. The summed E-state index contributed by atoms with van der Waals surface area (Å²) in [5.74, 6) is 0. The first-order valence-corrected chi connectivity index (χ1v) is 3.92. The van der Waals surface area contributed by atoms with E-state index in [4.69, 9.17) is 12.2 Å².